The fourth-order valence-corrected chi connectivity index (χ4v) is 1.86. The Morgan fingerprint density at radius 2 is 2.11 bits per heavy atom. The minimum Gasteiger partial charge on any atom is -0.329 e. The first-order valence-electron chi connectivity index (χ1n) is 5.30. The average molecular weight is 318 g/mol. The Labute approximate surface area is 117 Å². The summed E-state index contributed by atoms with van der Waals surface area (Å²) in [4.78, 5) is 25.5. The van der Waals surface area contributed by atoms with E-state index in [4.69, 9.17) is 5.26 Å². The highest BCUT2D eigenvalue weighted by Gasteiger charge is 2.09. The highest BCUT2D eigenvalue weighted by Crippen LogP contribution is 2.20. The van der Waals surface area contributed by atoms with Gasteiger partial charge in [0.15, 0.2) is 0 Å². The van der Waals surface area contributed by atoms with Crippen LogP contribution in [0.2, 0.25) is 0 Å². The van der Waals surface area contributed by atoms with E-state index in [1.165, 1.54) is 18.3 Å². The van der Waals surface area contributed by atoms with Gasteiger partial charge in [-0.25, -0.2) is 0 Å². The number of amides is 1. The van der Waals surface area contributed by atoms with Crippen LogP contribution in [-0.4, -0.2) is 10.9 Å². The average Bonchev–Trinajstić information content (AvgIpc) is 2.40. The number of H-pyrrole nitrogens is 1. The van der Waals surface area contributed by atoms with E-state index in [2.05, 4.69) is 26.2 Å². The van der Waals surface area contributed by atoms with Crippen molar-refractivity contribution in [3.63, 3.8) is 0 Å². The summed E-state index contributed by atoms with van der Waals surface area (Å²) in [6.45, 7) is 0. The molecule has 0 saturated carbocycles. The lowest BCUT2D eigenvalue weighted by molar-refractivity contribution is 0.102. The number of hydrogen-bond acceptors (Lipinski definition) is 3. The SMILES string of the molecule is N#Cc1cc(Br)ccc1NC(=O)c1cc[nH]c(=O)c1. The van der Waals surface area contributed by atoms with Gasteiger partial charge in [-0.15, -0.1) is 0 Å². The standard InChI is InChI=1S/C13H8BrN3O2/c14-10-1-2-11(9(5-10)7-15)17-13(19)8-3-4-16-12(18)6-8/h1-6H,(H,16,18)(H,17,19). The molecular weight excluding hydrogens is 310 g/mol. The molecule has 19 heavy (non-hydrogen) atoms. The van der Waals surface area contributed by atoms with E-state index in [9.17, 15) is 9.59 Å². The lowest BCUT2D eigenvalue weighted by Crippen LogP contribution is -2.16. The van der Waals surface area contributed by atoms with Crippen molar-refractivity contribution < 1.29 is 4.79 Å². The monoisotopic (exact) mass is 317 g/mol. The minimum atomic E-state index is -0.440. The number of nitrogens with one attached hydrogen (secondary N) is 2. The fourth-order valence-electron chi connectivity index (χ4n) is 1.50. The summed E-state index contributed by atoms with van der Waals surface area (Å²) in [5, 5.41) is 11.6. The largest absolute Gasteiger partial charge is 0.329 e. The molecular formula is C13H8BrN3O2. The molecule has 0 aliphatic heterocycles. The van der Waals surface area contributed by atoms with Gasteiger partial charge >= 0.3 is 0 Å². The molecule has 0 fully saturated rings. The van der Waals surface area contributed by atoms with Crippen molar-refractivity contribution >= 4 is 27.5 Å². The Morgan fingerprint density at radius 1 is 1.32 bits per heavy atom. The zero-order valence-corrected chi connectivity index (χ0v) is 11.2. The van der Waals surface area contributed by atoms with E-state index in [1.807, 2.05) is 6.07 Å². The van der Waals surface area contributed by atoms with Crippen LogP contribution in [0, 0.1) is 11.3 Å². The molecule has 0 radical (unpaired) electrons. The van der Waals surface area contributed by atoms with Crippen LogP contribution >= 0.6 is 15.9 Å². The zero-order chi connectivity index (χ0) is 13.8. The second-order valence-electron chi connectivity index (χ2n) is 3.70. The van der Waals surface area contributed by atoms with Crippen molar-refractivity contribution in [2.75, 3.05) is 5.32 Å². The van der Waals surface area contributed by atoms with Crippen LogP contribution in [0.25, 0.3) is 0 Å². The summed E-state index contributed by atoms with van der Waals surface area (Å²) in [6.07, 6.45) is 1.39. The number of benzene rings is 1. The van der Waals surface area contributed by atoms with E-state index in [1.54, 1.807) is 18.2 Å². The number of aromatic amines is 1. The maximum atomic E-state index is 11.9. The molecule has 94 valence electrons. The molecule has 1 aromatic heterocycles. The second kappa shape index (κ2) is 5.50. The van der Waals surface area contributed by atoms with Gasteiger partial charge in [-0.3, -0.25) is 9.59 Å². The van der Waals surface area contributed by atoms with Gasteiger partial charge in [0.05, 0.1) is 11.3 Å². The summed E-state index contributed by atoms with van der Waals surface area (Å²) in [5.41, 5.74) is 0.614. The van der Waals surface area contributed by atoms with Gasteiger partial charge in [0.2, 0.25) is 5.56 Å². The lowest BCUT2D eigenvalue weighted by atomic mass is 10.2. The molecule has 2 N–H and O–H groups in total. The third kappa shape index (κ3) is 3.09. The summed E-state index contributed by atoms with van der Waals surface area (Å²) in [7, 11) is 0. The van der Waals surface area contributed by atoms with Crippen LogP contribution in [0.1, 0.15) is 15.9 Å². The number of anilines is 1. The first kappa shape index (κ1) is 13.1. The smallest absolute Gasteiger partial charge is 0.255 e. The molecule has 6 heteroatoms. The Morgan fingerprint density at radius 3 is 2.79 bits per heavy atom. The molecule has 0 aliphatic carbocycles. The van der Waals surface area contributed by atoms with Crippen LogP contribution in [0.15, 0.2) is 45.8 Å². The third-order valence-electron chi connectivity index (χ3n) is 2.39. The van der Waals surface area contributed by atoms with Crippen molar-refractivity contribution in [3.8, 4) is 6.07 Å². The molecule has 1 amide bonds. The Hall–Kier alpha value is -2.39. The van der Waals surface area contributed by atoms with Crippen LogP contribution in [0.4, 0.5) is 5.69 Å². The number of halogens is 1. The van der Waals surface area contributed by atoms with Crippen molar-refractivity contribution in [1.82, 2.24) is 4.98 Å². The van der Waals surface area contributed by atoms with Crippen molar-refractivity contribution in [2.24, 2.45) is 0 Å². The number of carbonyl (C=O) groups is 1. The molecule has 1 aromatic carbocycles. The van der Waals surface area contributed by atoms with E-state index < -0.39 is 5.91 Å². The normalized spacial score (nSPS) is 9.68. The summed E-state index contributed by atoms with van der Waals surface area (Å²) >= 11 is 3.25. The molecule has 2 rings (SSSR count). The number of pyridine rings is 1. The minimum absolute atomic E-state index is 0.232. The van der Waals surface area contributed by atoms with E-state index in [-0.39, 0.29) is 11.1 Å². The van der Waals surface area contributed by atoms with Crippen LogP contribution in [0.5, 0.6) is 0 Å². The molecule has 0 saturated heterocycles. The van der Waals surface area contributed by atoms with E-state index >= 15 is 0 Å². The quantitative estimate of drug-likeness (QED) is 0.890. The van der Waals surface area contributed by atoms with Gasteiger partial charge in [0.25, 0.3) is 5.91 Å². The number of nitrogens with zero attached hydrogens (tertiary/aromatic N) is 1. The number of aromatic nitrogens is 1. The number of carbonyl (C=O) groups excluding carboxylic acids is 1. The van der Waals surface area contributed by atoms with Crippen molar-refractivity contribution in [3.05, 3.63) is 62.5 Å². The Kier molecular flexibility index (Phi) is 3.78. The second-order valence-corrected chi connectivity index (χ2v) is 4.61. The van der Waals surface area contributed by atoms with Gasteiger partial charge < -0.3 is 10.3 Å². The van der Waals surface area contributed by atoms with Crippen molar-refractivity contribution in [1.29, 1.82) is 5.26 Å². The predicted octanol–water partition coefficient (Wildman–Crippen LogP) is 2.26. The van der Waals surface area contributed by atoms with Crippen LogP contribution < -0.4 is 10.9 Å². The number of rotatable bonds is 2. The first-order valence-corrected chi connectivity index (χ1v) is 6.09. The molecule has 0 bridgehead atoms. The third-order valence-corrected chi connectivity index (χ3v) is 2.88. The van der Waals surface area contributed by atoms with E-state index in [0.717, 1.165) is 4.47 Å². The van der Waals surface area contributed by atoms with Crippen LogP contribution in [0.3, 0.4) is 0 Å². The first-order chi connectivity index (χ1) is 9.10. The highest BCUT2D eigenvalue weighted by atomic mass is 79.9. The fraction of sp³-hybridized carbons (Fsp3) is 0. The molecule has 0 atom stereocenters. The van der Waals surface area contributed by atoms with Gasteiger partial charge in [-0.2, -0.15) is 5.26 Å². The molecule has 0 aliphatic rings. The van der Waals surface area contributed by atoms with Crippen molar-refractivity contribution in [2.45, 2.75) is 0 Å². The van der Waals surface area contributed by atoms with Crippen LogP contribution in [-0.2, 0) is 0 Å². The summed E-state index contributed by atoms with van der Waals surface area (Å²) < 4.78 is 0.748. The van der Waals surface area contributed by atoms with Gasteiger partial charge in [0, 0.05) is 22.3 Å². The maximum Gasteiger partial charge on any atom is 0.255 e. The van der Waals surface area contributed by atoms with Gasteiger partial charge in [-0.1, -0.05) is 15.9 Å². The summed E-state index contributed by atoms with van der Waals surface area (Å²) in [5.74, 6) is -0.440. The van der Waals surface area contributed by atoms with Gasteiger partial charge in [0.1, 0.15) is 6.07 Å². The maximum absolute atomic E-state index is 11.9. The Bertz CT molecular complexity index is 731. The topological polar surface area (TPSA) is 85.8 Å². The molecule has 2 aromatic rings. The zero-order valence-electron chi connectivity index (χ0n) is 9.61. The molecule has 1 heterocycles. The molecule has 0 unspecified atom stereocenters. The number of hydrogen-bond donors (Lipinski definition) is 2. The number of nitriles is 1. The molecule has 5 nitrogen and oxygen atoms in total. The van der Waals surface area contributed by atoms with Gasteiger partial charge in [-0.05, 0) is 24.3 Å². The lowest BCUT2D eigenvalue weighted by Gasteiger charge is -2.07. The molecule has 0 spiro atoms. The summed E-state index contributed by atoms with van der Waals surface area (Å²) in [6, 6.07) is 9.61. The predicted molar refractivity (Wildman–Crippen MR) is 73.9 cm³/mol. The van der Waals surface area contributed by atoms with E-state index in [0.29, 0.717) is 11.3 Å². The Balaban J connectivity index is 2.30. The highest BCUT2D eigenvalue weighted by molar-refractivity contribution is 9.10.